The van der Waals surface area contributed by atoms with Gasteiger partial charge in [-0.25, -0.2) is 0 Å². The second-order valence-electron chi connectivity index (χ2n) is 4.82. The second-order valence-corrected chi connectivity index (χ2v) is 5.74. The summed E-state index contributed by atoms with van der Waals surface area (Å²) in [7, 11) is 0. The molecule has 0 saturated carbocycles. The molecule has 18 heavy (non-hydrogen) atoms. The van der Waals surface area contributed by atoms with E-state index in [4.69, 9.17) is 0 Å². The third kappa shape index (κ3) is 4.78. The molecule has 0 radical (unpaired) electrons. The van der Waals surface area contributed by atoms with Gasteiger partial charge in [-0.1, -0.05) is 28.1 Å². The van der Waals surface area contributed by atoms with Crippen LogP contribution in [0.3, 0.4) is 0 Å². The van der Waals surface area contributed by atoms with Gasteiger partial charge in [0.25, 0.3) is 0 Å². The first-order valence-corrected chi connectivity index (χ1v) is 7.01. The lowest BCUT2D eigenvalue weighted by Gasteiger charge is -2.21. The number of nitrogens with one attached hydrogen (secondary N) is 2. The van der Waals surface area contributed by atoms with E-state index in [2.05, 4.69) is 45.6 Å². The number of amides is 1. The van der Waals surface area contributed by atoms with Crippen molar-refractivity contribution in [2.75, 3.05) is 0 Å². The fourth-order valence-corrected chi connectivity index (χ4v) is 1.97. The molecule has 0 heterocycles. The maximum absolute atomic E-state index is 11.8. The van der Waals surface area contributed by atoms with Gasteiger partial charge in [-0.2, -0.15) is 0 Å². The number of carbonyl (C=O) groups excluding carboxylic acids is 1. The van der Waals surface area contributed by atoms with Crippen molar-refractivity contribution in [1.29, 1.82) is 0 Å². The first-order valence-electron chi connectivity index (χ1n) is 6.22. The Morgan fingerprint density at radius 1 is 1.11 bits per heavy atom. The van der Waals surface area contributed by atoms with E-state index < -0.39 is 0 Å². The van der Waals surface area contributed by atoms with Gasteiger partial charge >= 0.3 is 0 Å². The smallest absolute Gasteiger partial charge is 0.237 e. The molecule has 1 amide bonds. The van der Waals surface area contributed by atoms with Gasteiger partial charge in [0.2, 0.25) is 5.91 Å². The van der Waals surface area contributed by atoms with Crippen LogP contribution >= 0.6 is 15.9 Å². The van der Waals surface area contributed by atoms with E-state index in [-0.39, 0.29) is 24.0 Å². The number of rotatable bonds is 5. The Balaban J connectivity index is 2.56. The Bertz CT molecular complexity index is 389. The normalized spacial score (nSPS) is 14.3. The van der Waals surface area contributed by atoms with Crippen LogP contribution in [0.15, 0.2) is 28.7 Å². The monoisotopic (exact) mass is 312 g/mol. The molecule has 0 aliphatic rings. The molecular weight excluding hydrogens is 292 g/mol. The quantitative estimate of drug-likeness (QED) is 0.877. The van der Waals surface area contributed by atoms with E-state index >= 15 is 0 Å². The fourth-order valence-electron chi connectivity index (χ4n) is 1.71. The number of hydrogen-bond donors (Lipinski definition) is 2. The Kier molecular flexibility index (Phi) is 5.82. The molecular formula is C14H21BrN2O. The molecule has 0 fully saturated rings. The molecule has 1 aromatic carbocycles. The first kappa shape index (κ1) is 15.2. The van der Waals surface area contributed by atoms with Gasteiger partial charge in [0.05, 0.1) is 6.04 Å². The Labute approximate surface area is 117 Å². The molecule has 2 N–H and O–H groups in total. The molecule has 1 unspecified atom stereocenters. The summed E-state index contributed by atoms with van der Waals surface area (Å²) in [5.74, 6) is 0.0361. The van der Waals surface area contributed by atoms with Crippen molar-refractivity contribution in [1.82, 2.24) is 10.6 Å². The molecule has 3 nitrogen and oxygen atoms in total. The molecule has 0 spiro atoms. The molecule has 4 heteroatoms. The second kappa shape index (κ2) is 6.90. The molecule has 0 aromatic heterocycles. The SMILES string of the molecule is CC(C)NC(=O)C(C)N[C@H](C)c1ccc(Br)cc1. The van der Waals surface area contributed by atoms with Gasteiger partial charge in [-0.15, -0.1) is 0 Å². The highest BCUT2D eigenvalue weighted by Crippen LogP contribution is 2.16. The molecule has 0 aliphatic carbocycles. The number of halogens is 1. The summed E-state index contributed by atoms with van der Waals surface area (Å²) in [5, 5.41) is 6.19. The highest BCUT2D eigenvalue weighted by Gasteiger charge is 2.16. The average molecular weight is 313 g/mol. The van der Waals surface area contributed by atoms with Crippen LogP contribution in [0.4, 0.5) is 0 Å². The highest BCUT2D eigenvalue weighted by atomic mass is 79.9. The van der Waals surface area contributed by atoms with Gasteiger partial charge < -0.3 is 5.32 Å². The van der Waals surface area contributed by atoms with E-state index in [9.17, 15) is 4.79 Å². The van der Waals surface area contributed by atoms with Gasteiger partial charge in [0.1, 0.15) is 0 Å². The van der Waals surface area contributed by atoms with Crippen LogP contribution in [0.1, 0.15) is 39.3 Å². The van der Waals surface area contributed by atoms with E-state index in [0.29, 0.717) is 0 Å². The average Bonchev–Trinajstić information content (AvgIpc) is 2.28. The lowest BCUT2D eigenvalue weighted by molar-refractivity contribution is -0.123. The molecule has 2 atom stereocenters. The largest absolute Gasteiger partial charge is 0.353 e. The predicted octanol–water partition coefficient (Wildman–Crippen LogP) is 3.01. The molecule has 100 valence electrons. The summed E-state index contributed by atoms with van der Waals surface area (Å²) in [6.07, 6.45) is 0. The van der Waals surface area contributed by atoms with Crippen molar-refractivity contribution < 1.29 is 4.79 Å². The lowest BCUT2D eigenvalue weighted by Crippen LogP contribution is -2.45. The molecule has 0 aliphatic heterocycles. The maximum atomic E-state index is 11.8. The standard InChI is InChI=1S/C14H21BrN2O/c1-9(2)16-14(18)11(4)17-10(3)12-5-7-13(15)8-6-12/h5-11,17H,1-4H3,(H,16,18)/t10-,11?/m1/s1. The summed E-state index contributed by atoms with van der Waals surface area (Å²) in [6, 6.07) is 8.23. The van der Waals surface area contributed by atoms with Gasteiger partial charge in [-0.05, 0) is 45.4 Å². The zero-order valence-electron chi connectivity index (χ0n) is 11.3. The van der Waals surface area contributed by atoms with Crippen LogP contribution in [0, 0.1) is 0 Å². The Morgan fingerprint density at radius 2 is 1.67 bits per heavy atom. The highest BCUT2D eigenvalue weighted by molar-refractivity contribution is 9.10. The summed E-state index contributed by atoms with van der Waals surface area (Å²) >= 11 is 3.41. The fraction of sp³-hybridized carbons (Fsp3) is 0.500. The number of hydrogen-bond acceptors (Lipinski definition) is 2. The lowest BCUT2D eigenvalue weighted by atomic mass is 10.1. The van der Waals surface area contributed by atoms with Crippen molar-refractivity contribution in [3.63, 3.8) is 0 Å². The van der Waals surface area contributed by atoms with Gasteiger partial charge in [0.15, 0.2) is 0 Å². The first-order chi connectivity index (χ1) is 8.40. The Hall–Kier alpha value is -0.870. The van der Waals surface area contributed by atoms with Crippen LogP contribution < -0.4 is 10.6 Å². The number of benzene rings is 1. The van der Waals surface area contributed by atoms with Crippen LogP contribution in [0.5, 0.6) is 0 Å². The van der Waals surface area contributed by atoms with Crippen LogP contribution in [0.2, 0.25) is 0 Å². The van der Waals surface area contributed by atoms with Crippen molar-refractivity contribution in [2.24, 2.45) is 0 Å². The van der Waals surface area contributed by atoms with Gasteiger partial charge in [-0.3, -0.25) is 10.1 Å². The van der Waals surface area contributed by atoms with Gasteiger partial charge in [0, 0.05) is 16.6 Å². The van der Waals surface area contributed by atoms with Crippen LogP contribution in [-0.4, -0.2) is 18.0 Å². The van der Waals surface area contributed by atoms with Crippen LogP contribution in [-0.2, 0) is 4.79 Å². The zero-order chi connectivity index (χ0) is 13.7. The van der Waals surface area contributed by atoms with Crippen molar-refractivity contribution >= 4 is 21.8 Å². The van der Waals surface area contributed by atoms with Crippen LogP contribution in [0.25, 0.3) is 0 Å². The van der Waals surface area contributed by atoms with E-state index in [1.807, 2.05) is 32.9 Å². The minimum atomic E-state index is -0.203. The topological polar surface area (TPSA) is 41.1 Å². The summed E-state index contributed by atoms with van der Waals surface area (Å²) in [5.41, 5.74) is 1.17. The van der Waals surface area contributed by atoms with E-state index in [1.165, 1.54) is 5.56 Å². The summed E-state index contributed by atoms with van der Waals surface area (Å²) in [4.78, 5) is 11.8. The van der Waals surface area contributed by atoms with Crippen molar-refractivity contribution in [3.05, 3.63) is 34.3 Å². The maximum Gasteiger partial charge on any atom is 0.237 e. The Morgan fingerprint density at radius 3 is 2.17 bits per heavy atom. The molecule has 0 bridgehead atoms. The predicted molar refractivity (Wildman–Crippen MR) is 78.4 cm³/mol. The third-order valence-corrected chi connectivity index (χ3v) is 3.22. The molecule has 1 aromatic rings. The summed E-state index contributed by atoms with van der Waals surface area (Å²) < 4.78 is 1.06. The van der Waals surface area contributed by atoms with E-state index in [0.717, 1.165) is 4.47 Å². The van der Waals surface area contributed by atoms with Crippen molar-refractivity contribution in [3.8, 4) is 0 Å². The van der Waals surface area contributed by atoms with E-state index in [1.54, 1.807) is 0 Å². The molecule has 0 saturated heterocycles. The third-order valence-electron chi connectivity index (χ3n) is 2.69. The number of carbonyl (C=O) groups is 1. The minimum absolute atomic E-state index is 0.0361. The summed E-state index contributed by atoms with van der Waals surface area (Å²) in [6.45, 7) is 7.86. The molecule has 1 rings (SSSR count). The minimum Gasteiger partial charge on any atom is -0.353 e. The van der Waals surface area contributed by atoms with Crippen molar-refractivity contribution in [2.45, 2.75) is 45.8 Å². The zero-order valence-corrected chi connectivity index (χ0v) is 12.9.